The molecule has 0 saturated carbocycles. The molecule has 0 saturated heterocycles. The second-order valence-corrected chi connectivity index (χ2v) is 13.2. The largest absolute Gasteiger partial charge is 0.456 e. The monoisotopic (exact) mass is 727 g/mol. The summed E-state index contributed by atoms with van der Waals surface area (Å²) in [5.41, 5.74) is 8.10. The lowest BCUT2D eigenvalue weighted by Gasteiger charge is -2.30. The summed E-state index contributed by atoms with van der Waals surface area (Å²) in [5, 5.41) is 22.2. The summed E-state index contributed by atoms with van der Waals surface area (Å²) in [6.07, 6.45) is 7.08. The summed E-state index contributed by atoms with van der Waals surface area (Å²) in [4.78, 5) is 42.0. The van der Waals surface area contributed by atoms with Crippen LogP contribution in [-0.2, 0) is 17.6 Å². The number of likely N-dealkylation sites (N-methyl/N-ethyl adjacent to an activating group) is 3. The zero-order chi connectivity index (χ0) is 38.4. The van der Waals surface area contributed by atoms with Crippen molar-refractivity contribution >= 4 is 34.1 Å². The Balaban J connectivity index is 1.33. The molecule has 0 spiro atoms. The number of carbonyl (C=O) groups is 1. The van der Waals surface area contributed by atoms with Gasteiger partial charge in [-0.15, -0.1) is 0 Å². The molecule has 2 aliphatic rings. The van der Waals surface area contributed by atoms with Gasteiger partial charge in [-0.05, 0) is 88.1 Å². The van der Waals surface area contributed by atoms with Crippen molar-refractivity contribution in [3.8, 4) is 11.5 Å². The molecule has 0 fully saturated rings. The second kappa shape index (κ2) is 16.6. The molecule has 1 aliphatic heterocycles. The van der Waals surface area contributed by atoms with Crippen LogP contribution in [0, 0.1) is 20.2 Å². The summed E-state index contributed by atoms with van der Waals surface area (Å²) in [7, 11) is 0. The van der Waals surface area contributed by atoms with Crippen LogP contribution < -0.4 is 14.5 Å². The Bertz CT molecular complexity index is 2010. The lowest BCUT2D eigenvalue weighted by Crippen LogP contribution is -2.26. The summed E-state index contributed by atoms with van der Waals surface area (Å²) in [6.45, 7) is 12.8. The molecule has 0 radical (unpaired) electrons. The molecule has 0 N–H and O–H groups in total. The van der Waals surface area contributed by atoms with Gasteiger partial charge in [-0.3, -0.25) is 25.0 Å². The first-order chi connectivity index (χ1) is 26.1. The van der Waals surface area contributed by atoms with Gasteiger partial charge >= 0.3 is 0 Å². The number of ether oxygens (including phenoxy) is 1. The van der Waals surface area contributed by atoms with Gasteiger partial charge in [0.15, 0.2) is 5.78 Å². The zero-order valence-corrected chi connectivity index (χ0v) is 31.2. The van der Waals surface area contributed by atoms with E-state index in [0.717, 1.165) is 71.1 Å². The smallest absolute Gasteiger partial charge is 0.269 e. The molecule has 11 heteroatoms. The number of nitro benzene ring substituents is 2. The Kier molecular flexibility index (Phi) is 11.6. The highest BCUT2D eigenvalue weighted by atomic mass is 16.6. The molecular formula is C43H45N5O6. The minimum Gasteiger partial charge on any atom is -0.456 e. The van der Waals surface area contributed by atoms with Gasteiger partial charge in [0.05, 0.1) is 9.85 Å². The molecule has 0 unspecified atom stereocenters. The number of carbonyl (C=O) groups excluding carboxylic acids is 1. The Morgan fingerprint density at radius 2 is 1.04 bits per heavy atom. The van der Waals surface area contributed by atoms with E-state index in [1.807, 2.05) is 36.4 Å². The molecule has 4 aromatic rings. The Morgan fingerprint density at radius 1 is 0.593 bits per heavy atom. The van der Waals surface area contributed by atoms with Crippen LogP contribution in [0.3, 0.4) is 0 Å². The molecule has 0 aromatic heterocycles. The molecule has 0 amide bonds. The first kappa shape index (κ1) is 37.5. The summed E-state index contributed by atoms with van der Waals surface area (Å²) < 4.78 is 6.72. The predicted octanol–water partition coefficient (Wildman–Crippen LogP) is 8.91. The van der Waals surface area contributed by atoms with Crippen LogP contribution in [0.15, 0.2) is 114 Å². The molecule has 0 bridgehead atoms. The number of nitro groups is 2. The van der Waals surface area contributed by atoms with Crippen molar-refractivity contribution in [2.24, 2.45) is 0 Å². The number of hydrogen-bond acceptors (Lipinski definition) is 9. The third-order valence-electron chi connectivity index (χ3n) is 10.2. The molecular weight excluding hydrogens is 683 g/mol. The number of anilines is 2. The average Bonchev–Trinajstić information content (AvgIpc) is 3.18. The van der Waals surface area contributed by atoms with Crippen LogP contribution in [0.5, 0.6) is 11.5 Å². The van der Waals surface area contributed by atoms with E-state index in [2.05, 4.69) is 54.5 Å². The van der Waals surface area contributed by atoms with Gasteiger partial charge in [0, 0.05) is 121 Å². The average molecular weight is 728 g/mol. The Hall–Kier alpha value is -6.23. The highest BCUT2D eigenvalue weighted by Gasteiger charge is 2.29. The van der Waals surface area contributed by atoms with Crippen molar-refractivity contribution in [2.75, 3.05) is 49.1 Å². The van der Waals surface area contributed by atoms with Crippen molar-refractivity contribution in [1.82, 2.24) is 4.90 Å². The van der Waals surface area contributed by atoms with Gasteiger partial charge in [0.1, 0.15) is 11.5 Å². The first-order valence-corrected chi connectivity index (χ1v) is 18.5. The van der Waals surface area contributed by atoms with Crippen LogP contribution in [-0.4, -0.2) is 59.8 Å². The number of fused-ring (bicyclic) bond motifs is 2. The third kappa shape index (κ3) is 8.05. The SMILES string of the molecule is CCN(CC)C1=CC(=O)C(=C2c3ccc(N(CC)CCc4ccc([N+](=O)[O-])cc4)cc3Oc3cc(N(CC)CCc4ccc([N+](=O)[O-])cc4)ccc32)C=C1. The van der Waals surface area contributed by atoms with E-state index < -0.39 is 9.85 Å². The molecule has 1 heterocycles. The van der Waals surface area contributed by atoms with E-state index in [0.29, 0.717) is 43.0 Å². The maximum Gasteiger partial charge on any atom is 0.269 e. The predicted molar refractivity (Wildman–Crippen MR) is 214 cm³/mol. The van der Waals surface area contributed by atoms with E-state index in [4.69, 9.17) is 4.74 Å². The van der Waals surface area contributed by atoms with Gasteiger partial charge in [-0.2, -0.15) is 0 Å². The normalized spacial score (nSPS) is 13.1. The number of hydrogen-bond donors (Lipinski definition) is 0. The Morgan fingerprint density at radius 3 is 1.43 bits per heavy atom. The maximum absolute atomic E-state index is 13.9. The van der Waals surface area contributed by atoms with Crippen molar-refractivity contribution in [2.45, 2.75) is 40.5 Å². The van der Waals surface area contributed by atoms with Crippen molar-refractivity contribution in [3.63, 3.8) is 0 Å². The van der Waals surface area contributed by atoms with Crippen LogP contribution >= 0.6 is 0 Å². The number of benzene rings is 4. The minimum atomic E-state index is -0.390. The van der Waals surface area contributed by atoms with Gasteiger partial charge < -0.3 is 19.4 Å². The summed E-state index contributed by atoms with van der Waals surface area (Å²) in [5.74, 6) is 1.25. The van der Waals surface area contributed by atoms with E-state index in [1.165, 1.54) is 24.3 Å². The van der Waals surface area contributed by atoms with Gasteiger partial charge in [-0.1, -0.05) is 24.3 Å². The third-order valence-corrected chi connectivity index (χ3v) is 10.2. The number of rotatable bonds is 15. The first-order valence-electron chi connectivity index (χ1n) is 18.5. The van der Waals surface area contributed by atoms with Crippen LogP contribution in [0.1, 0.15) is 49.9 Å². The highest BCUT2D eigenvalue weighted by molar-refractivity contribution is 6.16. The molecule has 0 atom stereocenters. The van der Waals surface area contributed by atoms with E-state index >= 15 is 0 Å². The van der Waals surface area contributed by atoms with E-state index in [9.17, 15) is 25.0 Å². The number of non-ortho nitro benzene ring substituents is 2. The number of ketones is 1. The standard InChI is InChI=1S/C43H45N5O6/c1-5-44(6-2)34-17-20-37(40(49)27-34)43-38-21-18-35(45(7-3)25-23-30-9-13-32(14-10-30)47(50)51)28-41(38)54-42-29-36(19-22-39(42)43)46(8-4)26-24-31-11-15-33(16-12-31)48(52)53/h9-22,27-29H,5-8,23-26H2,1-4H3. The second-order valence-electron chi connectivity index (χ2n) is 13.2. The quantitative estimate of drug-likeness (QED) is 0.0591. The minimum absolute atomic E-state index is 0.0575. The lowest BCUT2D eigenvalue weighted by atomic mass is 9.86. The molecule has 11 nitrogen and oxygen atoms in total. The fraction of sp³-hybridized carbons (Fsp3) is 0.279. The number of allylic oxidation sites excluding steroid dienone is 4. The molecule has 278 valence electrons. The zero-order valence-electron chi connectivity index (χ0n) is 31.2. The van der Waals surface area contributed by atoms with Gasteiger partial charge in [0.25, 0.3) is 11.4 Å². The molecule has 1 aliphatic carbocycles. The lowest BCUT2D eigenvalue weighted by molar-refractivity contribution is -0.385. The fourth-order valence-electron chi connectivity index (χ4n) is 7.09. The van der Waals surface area contributed by atoms with Gasteiger partial charge in [0.2, 0.25) is 0 Å². The Labute approximate surface area is 315 Å². The molecule has 6 rings (SSSR count). The van der Waals surface area contributed by atoms with Crippen molar-refractivity contribution < 1.29 is 19.4 Å². The van der Waals surface area contributed by atoms with E-state index in [-0.39, 0.29) is 17.2 Å². The van der Waals surface area contributed by atoms with E-state index in [1.54, 1.807) is 30.3 Å². The highest BCUT2D eigenvalue weighted by Crippen LogP contribution is 2.48. The molecule has 4 aromatic carbocycles. The summed E-state index contributed by atoms with van der Waals surface area (Å²) >= 11 is 0. The van der Waals surface area contributed by atoms with Crippen molar-refractivity contribution in [1.29, 1.82) is 0 Å². The maximum atomic E-state index is 13.9. The van der Waals surface area contributed by atoms with Crippen molar-refractivity contribution in [3.05, 3.63) is 157 Å². The topological polar surface area (TPSA) is 122 Å². The van der Waals surface area contributed by atoms with Gasteiger partial charge in [-0.25, -0.2) is 0 Å². The van der Waals surface area contributed by atoms with Crippen LogP contribution in [0.4, 0.5) is 22.7 Å². The fourth-order valence-corrected chi connectivity index (χ4v) is 7.09. The molecule has 54 heavy (non-hydrogen) atoms. The van der Waals surface area contributed by atoms with Crippen LogP contribution in [0.25, 0.3) is 5.57 Å². The summed E-state index contributed by atoms with van der Waals surface area (Å²) in [6, 6.07) is 25.6. The number of nitrogens with zero attached hydrogens (tertiary/aromatic N) is 5. The van der Waals surface area contributed by atoms with Crippen LogP contribution in [0.2, 0.25) is 0 Å².